The number of hydrogen-bond acceptors (Lipinski definition) is 3. The lowest BCUT2D eigenvalue weighted by atomic mass is 10.1. The van der Waals surface area contributed by atoms with E-state index in [-0.39, 0.29) is 12.3 Å². The first-order valence-electron chi connectivity index (χ1n) is 5.61. The molecule has 0 unspecified atom stereocenters. The summed E-state index contributed by atoms with van der Waals surface area (Å²) >= 11 is 0. The summed E-state index contributed by atoms with van der Waals surface area (Å²) in [6.07, 6.45) is 1.89. The van der Waals surface area contributed by atoms with E-state index in [2.05, 4.69) is 0 Å². The van der Waals surface area contributed by atoms with Gasteiger partial charge in [0.2, 0.25) is 5.91 Å². The molecule has 1 aromatic rings. The number of carbonyl (C=O) groups excluding carboxylic acids is 1. The van der Waals surface area contributed by atoms with Gasteiger partial charge in [0.15, 0.2) is 0 Å². The van der Waals surface area contributed by atoms with Crippen LogP contribution < -0.4 is 9.64 Å². The van der Waals surface area contributed by atoms with Crippen molar-refractivity contribution in [3.8, 4) is 11.8 Å². The molecule has 0 saturated carbocycles. The Balaban J connectivity index is 2.22. The van der Waals surface area contributed by atoms with Crippen molar-refractivity contribution in [1.82, 2.24) is 0 Å². The molecular weight excluding hydrogens is 216 g/mol. The highest BCUT2D eigenvalue weighted by molar-refractivity contribution is 5.94. The number of nitrogens with zero attached hydrogens (tertiary/aromatic N) is 2. The van der Waals surface area contributed by atoms with Crippen molar-refractivity contribution in [3.63, 3.8) is 0 Å². The minimum atomic E-state index is -0.191. The maximum Gasteiger partial charge on any atom is 0.240 e. The van der Waals surface area contributed by atoms with Gasteiger partial charge < -0.3 is 9.64 Å². The lowest BCUT2D eigenvalue weighted by molar-refractivity contribution is -0.117. The molecule has 0 bridgehead atoms. The molecule has 1 aromatic carbocycles. The van der Waals surface area contributed by atoms with Crippen LogP contribution >= 0.6 is 0 Å². The van der Waals surface area contributed by atoms with Crippen LogP contribution in [-0.2, 0) is 11.2 Å². The maximum atomic E-state index is 11.6. The van der Waals surface area contributed by atoms with Gasteiger partial charge >= 0.3 is 0 Å². The topological polar surface area (TPSA) is 53.3 Å². The summed E-state index contributed by atoms with van der Waals surface area (Å²) in [6.45, 7) is 0.759. The normalized spacial score (nSPS) is 13.2. The molecule has 1 aliphatic rings. The first-order chi connectivity index (χ1) is 8.22. The molecule has 0 fully saturated rings. The fourth-order valence-corrected chi connectivity index (χ4v) is 1.89. The first-order valence-corrected chi connectivity index (χ1v) is 5.61. The van der Waals surface area contributed by atoms with Gasteiger partial charge in [0.25, 0.3) is 0 Å². The van der Waals surface area contributed by atoms with Gasteiger partial charge in [0, 0.05) is 12.7 Å². The van der Waals surface area contributed by atoms with Crippen LogP contribution in [0.25, 0.3) is 0 Å². The van der Waals surface area contributed by atoms with E-state index in [1.165, 1.54) is 4.90 Å². The minimum absolute atomic E-state index is 0.0932. The molecule has 1 heterocycles. The van der Waals surface area contributed by atoms with Crippen molar-refractivity contribution in [2.24, 2.45) is 0 Å². The molecule has 17 heavy (non-hydrogen) atoms. The second-order valence-electron chi connectivity index (χ2n) is 4.03. The zero-order valence-corrected chi connectivity index (χ0v) is 9.77. The van der Waals surface area contributed by atoms with Crippen LogP contribution in [0.15, 0.2) is 18.2 Å². The molecule has 0 spiro atoms. The largest absolute Gasteiger partial charge is 0.493 e. The fourth-order valence-electron chi connectivity index (χ4n) is 1.89. The van der Waals surface area contributed by atoms with Crippen molar-refractivity contribution in [1.29, 1.82) is 5.26 Å². The number of carbonyl (C=O) groups is 1. The Kier molecular flexibility index (Phi) is 3.29. The molecule has 0 saturated heterocycles. The van der Waals surface area contributed by atoms with Gasteiger partial charge in [-0.25, -0.2) is 0 Å². The average Bonchev–Trinajstić information content (AvgIpc) is 2.37. The Labute approximate surface area is 100 Å². The number of hydrogen-bond donors (Lipinski definition) is 0. The Hall–Kier alpha value is -2.02. The minimum Gasteiger partial charge on any atom is -0.493 e. The van der Waals surface area contributed by atoms with Gasteiger partial charge in [-0.15, -0.1) is 0 Å². The highest BCUT2D eigenvalue weighted by Crippen LogP contribution is 2.28. The fraction of sp³-hybridized carbons (Fsp3) is 0.385. The molecular formula is C13H14N2O2. The summed E-state index contributed by atoms with van der Waals surface area (Å²) in [5.74, 6) is 0.713. The second-order valence-corrected chi connectivity index (χ2v) is 4.03. The number of anilines is 1. The third-order valence-electron chi connectivity index (χ3n) is 2.88. The molecule has 88 valence electrons. The standard InChI is InChI=1S/C13H14N2O2/c1-15(13(16)6-7-14)11-4-5-12-10(9-11)3-2-8-17-12/h4-5,9H,2-3,6,8H2,1H3. The lowest BCUT2D eigenvalue weighted by Gasteiger charge is -2.21. The van der Waals surface area contributed by atoms with Crippen molar-refractivity contribution >= 4 is 11.6 Å². The van der Waals surface area contributed by atoms with E-state index in [1.807, 2.05) is 24.3 Å². The van der Waals surface area contributed by atoms with Gasteiger partial charge in [0.1, 0.15) is 12.2 Å². The predicted molar refractivity (Wildman–Crippen MR) is 63.9 cm³/mol. The van der Waals surface area contributed by atoms with Crippen molar-refractivity contribution in [3.05, 3.63) is 23.8 Å². The highest BCUT2D eigenvalue weighted by Gasteiger charge is 2.15. The van der Waals surface area contributed by atoms with Gasteiger partial charge in [-0.1, -0.05) is 0 Å². The number of nitriles is 1. The van der Waals surface area contributed by atoms with Crippen LogP contribution in [0.5, 0.6) is 5.75 Å². The van der Waals surface area contributed by atoms with Crippen LogP contribution in [0, 0.1) is 11.3 Å². The van der Waals surface area contributed by atoms with E-state index in [1.54, 1.807) is 7.05 Å². The SMILES string of the molecule is CN(C(=O)CC#N)c1ccc2c(c1)CCCO2. The van der Waals surface area contributed by atoms with Crippen molar-refractivity contribution in [2.75, 3.05) is 18.6 Å². The molecule has 4 nitrogen and oxygen atoms in total. The molecule has 0 radical (unpaired) electrons. The van der Waals surface area contributed by atoms with E-state index in [0.29, 0.717) is 0 Å². The van der Waals surface area contributed by atoms with E-state index < -0.39 is 0 Å². The van der Waals surface area contributed by atoms with Crippen LogP contribution in [0.3, 0.4) is 0 Å². The number of fused-ring (bicyclic) bond motifs is 1. The zero-order chi connectivity index (χ0) is 12.3. The van der Waals surface area contributed by atoms with Crippen LogP contribution in [0.1, 0.15) is 18.4 Å². The summed E-state index contributed by atoms with van der Waals surface area (Å²) in [5.41, 5.74) is 1.94. The van der Waals surface area contributed by atoms with Gasteiger partial charge in [-0.2, -0.15) is 5.26 Å². The molecule has 0 atom stereocenters. The van der Waals surface area contributed by atoms with E-state index in [0.717, 1.165) is 36.4 Å². The summed E-state index contributed by atoms with van der Waals surface area (Å²) in [7, 11) is 1.69. The lowest BCUT2D eigenvalue weighted by Crippen LogP contribution is -2.25. The highest BCUT2D eigenvalue weighted by atomic mass is 16.5. The second kappa shape index (κ2) is 4.88. The molecule has 0 aromatic heterocycles. The monoisotopic (exact) mass is 230 g/mol. The van der Waals surface area contributed by atoms with E-state index in [9.17, 15) is 4.79 Å². The summed E-state index contributed by atoms with van der Waals surface area (Å²) in [6, 6.07) is 7.56. The van der Waals surface area contributed by atoms with Gasteiger partial charge in [-0.05, 0) is 36.6 Å². The Morgan fingerprint density at radius 2 is 2.41 bits per heavy atom. The summed E-state index contributed by atoms with van der Waals surface area (Å²) in [4.78, 5) is 13.1. The number of amides is 1. The Morgan fingerprint density at radius 1 is 1.59 bits per heavy atom. The summed E-state index contributed by atoms with van der Waals surface area (Å²) in [5, 5.41) is 8.51. The predicted octanol–water partition coefficient (Wildman–Crippen LogP) is 1.89. The van der Waals surface area contributed by atoms with Gasteiger partial charge in [-0.3, -0.25) is 4.79 Å². The zero-order valence-electron chi connectivity index (χ0n) is 9.77. The van der Waals surface area contributed by atoms with E-state index in [4.69, 9.17) is 10.00 Å². The van der Waals surface area contributed by atoms with Crippen LogP contribution in [-0.4, -0.2) is 19.6 Å². The molecule has 0 N–H and O–H groups in total. The third-order valence-corrected chi connectivity index (χ3v) is 2.88. The van der Waals surface area contributed by atoms with Crippen molar-refractivity contribution < 1.29 is 9.53 Å². The van der Waals surface area contributed by atoms with Crippen molar-refractivity contribution in [2.45, 2.75) is 19.3 Å². The third kappa shape index (κ3) is 2.39. The number of ether oxygens (including phenoxy) is 1. The smallest absolute Gasteiger partial charge is 0.240 e. The average molecular weight is 230 g/mol. The maximum absolute atomic E-state index is 11.6. The quantitative estimate of drug-likeness (QED) is 0.779. The summed E-state index contributed by atoms with van der Waals surface area (Å²) < 4.78 is 5.51. The number of benzene rings is 1. The molecule has 4 heteroatoms. The molecule has 1 aliphatic heterocycles. The molecule has 1 amide bonds. The first kappa shape index (κ1) is 11.5. The Morgan fingerprint density at radius 3 is 3.18 bits per heavy atom. The number of aryl methyl sites for hydroxylation is 1. The molecule has 2 rings (SSSR count). The van der Waals surface area contributed by atoms with Crippen LogP contribution in [0.4, 0.5) is 5.69 Å². The number of rotatable bonds is 2. The van der Waals surface area contributed by atoms with E-state index >= 15 is 0 Å². The van der Waals surface area contributed by atoms with Gasteiger partial charge in [0.05, 0.1) is 12.7 Å². The Bertz CT molecular complexity index is 477. The van der Waals surface area contributed by atoms with Crippen LogP contribution in [0.2, 0.25) is 0 Å². The molecule has 0 aliphatic carbocycles.